The van der Waals surface area contributed by atoms with Crippen molar-refractivity contribution in [2.45, 2.75) is 6.42 Å². The smallest absolute Gasteiger partial charge is 0.343 e. The van der Waals surface area contributed by atoms with Crippen LogP contribution in [0.1, 0.15) is 6.42 Å². The highest BCUT2D eigenvalue weighted by molar-refractivity contribution is 5.90. The molecule has 3 N–H and O–H groups in total. The average Bonchev–Trinajstić information content (AvgIpc) is 2.37. The molecule has 0 aliphatic rings. The highest BCUT2D eigenvalue weighted by Gasteiger charge is 2.03. The van der Waals surface area contributed by atoms with Gasteiger partial charge < -0.3 is 20.5 Å². The largest absolute Gasteiger partial charge is 0.482 e. The summed E-state index contributed by atoms with van der Waals surface area (Å²) in [4.78, 5) is 22.1. The molecule has 0 bridgehead atoms. The molecule has 0 aliphatic carbocycles. The van der Waals surface area contributed by atoms with Gasteiger partial charge in [-0.25, -0.2) is 4.79 Å². The predicted molar refractivity (Wildman–Crippen MR) is 66.3 cm³/mol. The van der Waals surface area contributed by atoms with Crippen LogP contribution >= 0.6 is 0 Å². The normalized spacial score (nSPS) is 9.67. The second kappa shape index (κ2) is 7.29. The minimum absolute atomic E-state index is 0.138. The lowest BCUT2D eigenvalue weighted by Crippen LogP contribution is -2.16. The quantitative estimate of drug-likeness (QED) is 0.720. The summed E-state index contributed by atoms with van der Waals surface area (Å²) in [5, 5.41) is 2.68. The van der Waals surface area contributed by atoms with Crippen LogP contribution in [-0.4, -0.2) is 32.1 Å². The maximum atomic E-state index is 11.3. The molecule has 0 aliphatic heterocycles. The molecular formula is C12H16N2O4. The summed E-state index contributed by atoms with van der Waals surface area (Å²) in [7, 11) is 1.29. The van der Waals surface area contributed by atoms with Crippen LogP contribution in [0.15, 0.2) is 24.3 Å². The van der Waals surface area contributed by atoms with Gasteiger partial charge >= 0.3 is 5.97 Å². The summed E-state index contributed by atoms with van der Waals surface area (Å²) in [6.45, 7) is 0.168. The van der Waals surface area contributed by atoms with Crippen LogP contribution in [0, 0.1) is 0 Å². The molecule has 6 heteroatoms. The van der Waals surface area contributed by atoms with E-state index in [-0.39, 0.29) is 18.9 Å². The molecule has 0 heterocycles. The molecule has 0 saturated heterocycles. The van der Waals surface area contributed by atoms with Gasteiger partial charge in [0.1, 0.15) is 5.75 Å². The standard InChI is InChI=1S/C12H16N2O4/c1-17-12(16)8-18-10-4-2-9(3-5-10)14-11(15)6-7-13/h2-5H,6-8,13H2,1H3,(H,14,15). The van der Waals surface area contributed by atoms with Gasteiger partial charge in [-0.3, -0.25) is 4.79 Å². The zero-order valence-corrected chi connectivity index (χ0v) is 10.1. The van der Waals surface area contributed by atoms with E-state index in [4.69, 9.17) is 10.5 Å². The van der Waals surface area contributed by atoms with Crippen LogP contribution in [0.2, 0.25) is 0 Å². The molecule has 1 amide bonds. The highest BCUT2D eigenvalue weighted by atomic mass is 16.6. The van der Waals surface area contributed by atoms with Crippen molar-refractivity contribution in [2.24, 2.45) is 5.73 Å². The molecule has 6 nitrogen and oxygen atoms in total. The number of methoxy groups -OCH3 is 1. The summed E-state index contributed by atoms with van der Waals surface area (Å²) < 4.78 is 9.60. The Bertz CT molecular complexity index is 403. The maximum absolute atomic E-state index is 11.3. The molecule has 0 radical (unpaired) electrons. The van der Waals surface area contributed by atoms with Crippen LogP contribution in [0.25, 0.3) is 0 Å². The van der Waals surface area contributed by atoms with E-state index in [9.17, 15) is 9.59 Å². The number of amides is 1. The van der Waals surface area contributed by atoms with Crippen molar-refractivity contribution in [1.82, 2.24) is 0 Å². The number of benzene rings is 1. The van der Waals surface area contributed by atoms with Gasteiger partial charge in [0.15, 0.2) is 6.61 Å². The number of esters is 1. The number of nitrogens with one attached hydrogen (secondary N) is 1. The van der Waals surface area contributed by atoms with E-state index in [2.05, 4.69) is 10.1 Å². The number of nitrogens with two attached hydrogens (primary N) is 1. The van der Waals surface area contributed by atoms with Crippen LogP contribution in [-0.2, 0) is 14.3 Å². The third-order valence-electron chi connectivity index (χ3n) is 2.09. The lowest BCUT2D eigenvalue weighted by atomic mass is 10.3. The van der Waals surface area contributed by atoms with Gasteiger partial charge in [0.05, 0.1) is 7.11 Å². The van der Waals surface area contributed by atoms with Gasteiger partial charge in [-0.05, 0) is 24.3 Å². The van der Waals surface area contributed by atoms with E-state index in [1.165, 1.54) is 7.11 Å². The average molecular weight is 252 g/mol. The summed E-state index contributed by atoms with van der Waals surface area (Å²) in [5.74, 6) is -0.0618. The van der Waals surface area contributed by atoms with Crippen LogP contribution < -0.4 is 15.8 Å². The van der Waals surface area contributed by atoms with E-state index in [0.717, 1.165) is 0 Å². The van der Waals surface area contributed by atoms with Crippen molar-refractivity contribution in [3.05, 3.63) is 24.3 Å². The van der Waals surface area contributed by atoms with E-state index >= 15 is 0 Å². The molecular weight excluding hydrogens is 236 g/mol. The molecule has 0 aromatic heterocycles. The first-order valence-electron chi connectivity index (χ1n) is 5.45. The summed E-state index contributed by atoms with van der Waals surface area (Å²) in [5.41, 5.74) is 5.92. The SMILES string of the molecule is COC(=O)COc1ccc(NC(=O)CCN)cc1. The molecule has 1 aromatic carbocycles. The second-order valence-electron chi connectivity index (χ2n) is 3.48. The van der Waals surface area contributed by atoms with E-state index < -0.39 is 5.97 Å². The fraction of sp³-hybridized carbons (Fsp3) is 0.333. The number of rotatable bonds is 6. The topological polar surface area (TPSA) is 90.6 Å². The Morgan fingerprint density at radius 1 is 1.28 bits per heavy atom. The molecule has 18 heavy (non-hydrogen) atoms. The van der Waals surface area contributed by atoms with Crippen molar-refractivity contribution in [3.8, 4) is 5.75 Å². The molecule has 0 saturated carbocycles. The van der Waals surface area contributed by atoms with Gasteiger partial charge in [0.25, 0.3) is 0 Å². The Kier molecular flexibility index (Phi) is 5.66. The minimum Gasteiger partial charge on any atom is -0.482 e. The minimum atomic E-state index is -0.449. The molecule has 98 valence electrons. The lowest BCUT2D eigenvalue weighted by molar-refractivity contribution is -0.142. The van der Waals surface area contributed by atoms with Crippen LogP contribution in [0.3, 0.4) is 0 Å². The third-order valence-corrected chi connectivity index (χ3v) is 2.09. The fourth-order valence-electron chi connectivity index (χ4n) is 1.19. The van der Waals surface area contributed by atoms with Gasteiger partial charge in [-0.1, -0.05) is 0 Å². The molecule has 0 spiro atoms. The monoisotopic (exact) mass is 252 g/mol. The number of anilines is 1. The summed E-state index contributed by atoms with van der Waals surface area (Å²) >= 11 is 0. The Morgan fingerprint density at radius 3 is 2.50 bits per heavy atom. The molecule has 0 fully saturated rings. The molecule has 1 aromatic rings. The van der Waals surface area contributed by atoms with Crippen molar-refractivity contribution in [3.63, 3.8) is 0 Å². The predicted octanol–water partition coefficient (Wildman–Crippen LogP) is 0.526. The maximum Gasteiger partial charge on any atom is 0.343 e. The van der Waals surface area contributed by atoms with E-state index in [0.29, 0.717) is 18.0 Å². The Labute approximate surface area is 105 Å². The van der Waals surface area contributed by atoms with Gasteiger partial charge in [0, 0.05) is 18.7 Å². The number of carbonyl (C=O) groups excluding carboxylic acids is 2. The number of hydrogen-bond donors (Lipinski definition) is 2. The van der Waals surface area contributed by atoms with Crippen molar-refractivity contribution in [2.75, 3.05) is 25.6 Å². The Balaban J connectivity index is 2.47. The van der Waals surface area contributed by atoms with Gasteiger partial charge in [0.2, 0.25) is 5.91 Å². The number of ether oxygens (including phenoxy) is 2. The van der Waals surface area contributed by atoms with E-state index in [1.54, 1.807) is 24.3 Å². The second-order valence-corrected chi connectivity index (χ2v) is 3.48. The highest BCUT2D eigenvalue weighted by Crippen LogP contribution is 2.15. The third kappa shape index (κ3) is 4.84. The first kappa shape index (κ1) is 14.0. The van der Waals surface area contributed by atoms with Crippen molar-refractivity contribution < 1.29 is 19.1 Å². The first-order valence-corrected chi connectivity index (χ1v) is 5.45. The van der Waals surface area contributed by atoms with Crippen molar-refractivity contribution >= 4 is 17.6 Å². The molecule has 0 unspecified atom stereocenters. The fourth-order valence-corrected chi connectivity index (χ4v) is 1.19. The number of hydrogen-bond acceptors (Lipinski definition) is 5. The van der Waals surface area contributed by atoms with E-state index in [1.807, 2.05) is 0 Å². The number of carbonyl (C=O) groups is 2. The first-order chi connectivity index (χ1) is 8.65. The van der Waals surface area contributed by atoms with Gasteiger partial charge in [-0.2, -0.15) is 0 Å². The van der Waals surface area contributed by atoms with Crippen LogP contribution in [0.5, 0.6) is 5.75 Å². The molecule has 0 atom stereocenters. The zero-order valence-electron chi connectivity index (χ0n) is 10.1. The van der Waals surface area contributed by atoms with Crippen LogP contribution in [0.4, 0.5) is 5.69 Å². The zero-order chi connectivity index (χ0) is 13.4. The summed E-state index contributed by atoms with van der Waals surface area (Å²) in [6, 6.07) is 6.67. The lowest BCUT2D eigenvalue weighted by Gasteiger charge is -2.07. The Morgan fingerprint density at radius 2 is 1.94 bits per heavy atom. The van der Waals surface area contributed by atoms with Crippen molar-refractivity contribution in [1.29, 1.82) is 0 Å². The van der Waals surface area contributed by atoms with Gasteiger partial charge in [-0.15, -0.1) is 0 Å². The molecule has 1 rings (SSSR count). The Hall–Kier alpha value is -2.08. The summed E-state index contributed by atoms with van der Waals surface area (Å²) in [6.07, 6.45) is 0.278.